The summed E-state index contributed by atoms with van der Waals surface area (Å²) in [7, 11) is 0. The Kier molecular flexibility index (Phi) is 5.69. The number of urea groups is 1. The molecular weight excluding hydrogens is 438 g/mol. The van der Waals surface area contributed by atoms with Gasteiger partial charge in [-0.1, -0.05) is 0 Å². The van der Waals surface area contributed by atoms with Gasteiger partial charge in [0.1, 0.15) is 18.2 Å². The number of carbonyl (C=O) groups excluding carboxylic acids is 2. The fourth-order valence-electron chi connectivity index (χ4n) is 2.98. The number of ether oxygens (including phenoxy) is 1. The highest BCUT2D eigenvalue weighted by atomic mass is 19.4. The minimum Gasteiger partial charge on any atom is -0.408 e. The second-order valence-corrected chi connectivity index (χ2v) is 6.41. The Labute approximate surface area is 170 Å². The van der Waals surface area contributed by atoms with Crippen molar-refractivity contribution >= 4 is 17.8 Å². The number of aromatic nitrogens is 3. The molecule has 1 aliphatic rings. The lowest BCUT2D eigenvalue weighted by Crippen LogP contribution is -2.34. The van der Waals surface area contributed by atoms with E-state index in [1.165, 1.54) is 22.1 Å². The van der Waals surface area contributed by atoms with E-state index < -0.39 is 47.0 Å². The molecule has 3 amide bonds. The molecule has 2 aromatic rings. The van der Waals surface area contributed by atoms with Gasteiger partial charge in [0.15, 0.2) is 5.75 Å². The number of anilines is 1. The average molecular weight is 452 g/mol. The van der Waals surface area contributed by atoms with Gasteiger partial charge in [0.2, 0.25) is 0 Å². The summed E-state index contributed by atoms with van der Waals surface area (Å²) in [5.41, 5.74) is 0.403. The van der Waals surface area contributed by atoms with Gasteiger partial charge in [0.25, 0.3) is 0 Å². The van der Waals surface area contributed by atoms with Crippen molar-refractivity contribution in [3.63, 3.8) is 0 Å². The quantitative estimate of drug-likeness (QED) is 0.703. The monoisotopic (exact) mass is 452 g/mol. The van der Waals surface area contributed by atoms with E-state index in [0.29, 0.717) is 11.0 Å². The van der Waals surface area contributed by atoms with Gasteiger partial charge in [-0.2, -0.15) is 26.3 Å². The van der Waals surface area contributed by atoms with E-state index in [1.54, 1.807) is 0 Å². The normalized spacial score (nSPS) is 15.0. The summed E-state index contributed by atoms with van der Waals surface area (Å²) in [5, 5.41) is 7.16. The fraction of sp³-hybridized carbons (Fsp3) is 0.375. The van der Waals surface area contributed by atoms with E-state index in [4.69, 9.17) is 5.73 Å². The predicted molar refractivity (Wildman–Crippen MR) is 91.0 cm³/mol. The van der Waals surface area contributed by atoms with Crippen LogP contribution in [0, 0.1) is 0 Å². The van der Waals surface area contributed by atoms with Gasteiger partial charge in [-0.15, -0.1) is 10.2 Å². The summed E-state index contributed by atoms with van der Waals surface area (Å²) in [6.07, 6.45) is -9.41. The smallest absolute Gasteiger partial charge is 0.408 e. The highest BCUT2D eigenvalue weighted by molar-refractivity contribution is 5.96. The minimum atomic E-state index is -5.32. The molecule has 1 aromatic heterocycles. The van der Waals surface area contributed by atoms with Gasteiger partial charge in [0, 0.05) is 26.2 Å². The number of nitrogens with two attached hydrogens (primary N) is 1. The van der Waals surface area contributed by atoms with Gasteiger partial charge in [-0.3, -0.25) is 4.90 Å². The van der Waals surface area contributed by atoms with Crippen molar-refractivity contribution in [2.75, 3.05) is 24.5 Å². The van der Waals surface area contributed by atoms with Gasteiger partial charge in [-0.25, -0.2) is 9.59 Å². The molecule has 15 heteroatoms. The molecule has 0 aliphatic carbocycles. The summed E-state index contributed by atoms with van der Waals surface area (Å²) >= 11 is 0. The zero-order valence-electron chi connectivity index (χ0n) is 15.4. The van der Waals surface area contributed by atoms with Crippen molar-refractivity contribution in [1.29, 1.82) is 0 Å². The molecule has 0 spiro atoms. The van der Waals surface area contributed by atoms with Crippen molar-refractivity contribution in [2.45, 2.75) is 18.9 Å². The first-order valence-electron chi connectivity index (χ1n) is 8.56. The standard InChI is InChI=1S/C16H14F6N6O3/c17-15(18,19)9-5-10(16(20,21)22)12(31-13(23)29)11(6-9)28-4-3-27(14(28)30)2-1-26-7-24-25-8-26/h5-8H,1-4H2,(H2,23,29). The van der Waals surface area contributed by atoms with E-state index in [9.17, 15) is 35.9 Å². The van der Waals surface area contributed by atoms with E-state index in [1.807, 2.05) is 0 Å². The van der Waals surface area contributed by atoms with E-state index in [2.05, 4.69) is 14.9 Å². The van der Waals surface area contributed by atoms with Crippen LogP contribution in [0.25, 0.3) is 0 Å². The van der Waals surface area contributed by atoms with Crippen LogP contribution in [0.3, 0.4) is 0 Å². The van der Waals surface area contributed by atoms with Gasteiger partial charge >= 0.3 is 24.5 Å². The average Bonchev–Trinajstić information content (AvgIpc) is 3.27. The lowest BCUT2D eigenvalue weighted by molar-refractivity contribution is -0.143. The number of nitrogens with zero attached hydrogens (tertiary/aromatic N) is 5. The van der Waals surface area contributed by atoms with Crippen LogP contribution in [0.5, 0.6) is 5.75 Å². The molecule has 168 valence electrons. The van der Waals surface area contributed by atoms with Crippen LogP contribution in [0.1, 0.15) is 11.1 Å². The molecule has 0 radical (unpaired) electrons. The third kappa shape index (κ3) is 4.80. The molecule has 1 fully saturated rings. The summed E-state index contributed by atoms with van der Waals surface area (Å²) in [6.45, 7) is 0.0986. The molecular formula is C16H14F6N6O3. The summed E-state index contributed by atoms with van der Waals surface area (Å²) in [4.78, 5) is 25.7. The Morgan fingerprint density at radius 2 is 1.68 bits per heavy atom. The number of hydrogen-bond donors (Lipinski definition) is 1. The first kappa shape index (κ1) is 22.2. The summed E-state index contributed by atoms with van der Waals surface area (Å²) < 4.78 is 86.0. The molecule has 31 heavy (non-hydrogen) atoms. The van der Waals surface area contributed by atoms with Crippen molar-refractivity contribution in [3.05, 3.63) is 35.9 Å². The molecule has 0 saturated carbocycles. The van der Waals surface area contributed by atoms with Crippen molar-refractivity contribution in [3.8, 4) is 5.75 Å². The van der Waals surface area contributed by atoms with Crippen LogP contribution in [-0.2, 0) is 18.9 Å². The number of amides is 3. The van der Waals surface area contributed by atoms with Crippen LogP contribution in [0.4, 0.5) is 41.6 Å². The van der Waals surface area contributed by atoms with Crippen LogP contribution in [-0.4, -0.2) is 51.4 Å². The van der Waals surface area contributed by atoms with Crippen molar-refractivity contribution in [2.24, 2.45) is 5.73 Å². The third-order valence-corrected chi connectivity index (χ3v) is 4.39. The van der Waals surface area contributed by atoms with Crippen LogP contribution < -0.4 is 15.4 Å². The molecule has 3 rings (SSSR count). The Balaban J connectivity index is 2.01. The SMILES string of the molecule is NC(=O)Oc1c(N2CCN(CCn3cnnc3)C2=O)cc(C(F)(F)F)cc1C(F)(F)F. The van der Waals surface area contributed by atoms with Crippen LogP contribution in [0.15, 0.2) is 24.8 Å². The second kappa shape index (κ2) is 7.96. The number of rotatable bonds is 5. The number of halogens is 6. The Hall–Kier alpha value is -3.52. The molecule has 0 bridgehead atoms. The fourth-order valence-corrected chi connectivity index (χ4v) is 2.98. The van der Waals surface area contributed by atoms with Crippen LogP contribution in [0.2, 0.25) is 0 Å². The Morgan fingerprint density at radius 1 is 1.03 bits per heavy atom. The molecule has 2 N–H and O–H groups in total. The molecule has 0 atom stereocenters. The third-order valence-electron chi connectivity index (χ3n) is 4.39. The lowest BCUT2D eigenvalue weighted by Gasteiger charge is -2.24. The van der Waals surface area contributed by atoms with Gasteiger partial charge < -0.3 is 19.9 Å². The molecule has 0 unspecified atom stereocenters. The zero-order valence-corrected chi connectivity index (χ0v) is 15.4. The second-order valence-electron chi connectivity index (χ2n) is 6.41. The molecule has 1 saturated heterocycles. The Bertz CT molecular complexity index is 975. The molecule has 2 heterocycles. The lowest BCUT2D eigenvalue weighted by atomic mass is 10.1. The van der Waals surface area contributed by atoms with E-state index >= 15 is 0 Å². The highest BCUT2D eigenvalue weighted by Crippen LogP contribution is 2.46. The number of carbonyl (C=O) groups is 2. The minimum absolute atomic E-state index is 0.00850. The molecule has 9 nitrogen and oxygen atoms in total. The number of alkyl halides is 6. The maximum atomic E-state index is 13.5. The maximum Gasteiger partial charge on any atom is 0.420 e. The van der Waals surface area contributed by atoms with Crippen molar-refractivity contribution in [1.82, 2.24) is 19.7 Å². The van der Waals surface area contributed by atoms with Gasteiger partial charge in [0.05, 0.1) is 11.3 Å². The zero-order chi connectivity index (χ0) is 23.0. The topological polar surface area (TPSA) is 107 Å². The number of benzene rings is 1. The highest BCUT2D eigenvalue weighted by Gasteiger charge is 2.43. The van der Waals surface area contributed by atoms with Crippen molar-refractivity contribution < 1.29 is 40.7 Å². The number of primary amides is 1. The Morgan fingerprint density at radius 3 is 2.23 bits per heavy atom. The molecule has 1 aliphatic heterocycles. The van der Waals surface area contributed by atoms with Gasteiger partial charge in [-0.05, 0) is 12.1 Å². The van der Waals surface area contributed by atoms with E-state index in [0.717, 1.165) is 0 Å². The number of hydrogen-bond acceptors (Lipinski definition) is 5. The summed E-state index contributed by atoms with van der Waals surface area (Å²) in [5.74, 6) is -1.28. The predicted octanol–water partition coefficient (Wildman–Crippen LogP) is 2.72. The first-order valence-corrected chi connectivity index (χ1v) is 8.56. The van der Waals surface area contributed by atoms with E-state index in [-0.39, 0.29) is 32.2 Å². The maximum absolute atomic E-state index is 13.5. The summed E-state index contributed by atoms with van der Waals surface area (Å²) in [6, 6.07) is -0.754. The van der Waals surface area contributed by atoms with Crippen LogP contribution >= 0.6 is 0 Å². The largest absolute Gasteiger partial charge is 0.420 e. The first-order chi connectivity index (χ1) is 14.4. The molecule has 1 aromatic carbocycles.